The van der Waals surface area contributed by atoms with Crippen molar-refractivity contribution in [2.24, 2.45) is 5.92 Å². The van der Waals surface area contributed by atoms with Gasteiger partial charge in [0.05, 0.1) is 0 Å². The number of aryl methyl sites for hydroxylation is 1. The molecule has 1 heterocycles. The smallest absolute Gasteiger partial charge is 0.0215 e. The van der Waals surface area contributed by atoms with Crippen LogP contribution < -0.4 is 5.32 Å². The van der Waals surface area contributed by atoms with Crippen LogP contribution in [0, 0.1) is 5.92 Å². The average Bonchev–Trinajstić information content (AvgIpc) is 3.35. The Balaban J connectivity index is 1.59. The number of fused-ring (bicyclic) bond motifs is 1. The van der Waals surface area contributed by atoms with Crippen molar-refractivity contribution in [1.29, 1.82) is 0 Å². The summed E-state index contributed by atoms with van der Waals surface area (Å²) in [6, 6.07) is 9.26. The molecule has 0 aromatic heterocycles. The van der Waals surface area contributed by atoms with E-state index < -0.39 is 0 Å². The molecule has 3 aliphatic rings. The van der Waals surface area contributed by atoms with Gasteiger partial charge in [0.25, 0.3) is 0 Å². The van der Waals surface area contributed by atoms with Gasteiger partial charge in [0.1, 0.15) is 0 Å². The summed E-state index contributed by atoms with van der Waals surface area (Å²) in [7, 11) is 0. The van der Waals surface area contributed by atoms with Crippen LogP contribution in [-0.4, -0.2) is 12.1 Å². The van der Waals surface area contributed by atoms with E-state index in [1.54, 1.807) is 11.1 Å². The molecule has 21 heavy (non-hydrogen) atoms. The van der Waals surface area contributed by atoms with Gasteiger partial charge < -0.3 is 5.32 Å². The Morgan fingerprint density at radius 3 is 2.81 bits per heavy atom. The zero-order chi connectivity index (χ0) is 14.1. The molecule has 0 bridgehead atoms. The highest BCUT2D eigenvalue weighted by molar-refractivity contribution is 5.33. The summed E-state index contributed by atoms with van der Waals surface area (Å²) in [5.74, 6) is 1.78. The van der Waals surface area contributed by atoms with E-state index in [1.807, 2.05) is 0 Å². The molecule has 1 aromatic rings. The summed E-state index contributed by atoms with van der Waals surface area (Å²) >= 11 is 0. The van der Waals surface area contributed by atoms with Crippen molar-refractivity contribution < 1.29 is 0 Å². The van der Waals surface area contributed by atoms with Gasteiger partial charge in [-0.25, -0.2) is 0 Å². The molecule has 0 radical (unpaired) electrons. The summed E-state index contributed by atoms with van der Waals surface area (Å²) in [4.78, 5) is 0. The first kappa shape index (κ1) is 13.8. The lowest BCUT2D eigenvalue weighted by Crippen LogP contribution is -2.48. The second kappa shape index (κ2) is 5.76. The van der Waals surface area contributed by atoms with E-state index in [-0.39, 0.29) is 0 Å². The number of rotatable bonds is 3. The van der Waals surface area contributed by atoms with Gasteiger partial charge in [0.15, 0.2) is 0 Å². The number of hydrogen-bond acceptors (Lipinski definition) is 1. The Kier molecular flexibility index (Phi) is 3.79. The summed E-state index contributed by atoms with van der Waals surface area (Å²) in [6.07, 6.45) is 14.1. The minimum atomic E-state index is 0.478. The van der Waals surface area contributed by atoms with Crippen LogP contribution in [0.3, 0.4) is 0 Å². The summed E-state index contributed by atoms with van der Waals surface area (Å²) in [6.45, 7) is 1.25. The minimum absolute atomic E-state index is 0.478. The SMILES string of the molecule is c1ccc2c(c1)CCCC2CC1(C2CC2)CCCCCN1. The fourth-order valence-electron chi connectivity index (χ4n) is 5.00. The van der Waals surface area contributed by atoms with E-state index in [2.05, 4.69) is 29.6 Å². The van der Waals surface area contributed by atoms with Gasteiger partial charge in [-0.2, -0.15) is 0 Å². The van der Waals surface area contributed by atoms with Crippen LogP contribution in [0.1, 0.15) is 74.8 Å². The van der Waals surface area contributed by atoms with Crippen LogP contribution >= 0.6 is 0 Å². The first-order valence-electron chi connectivity index (χ1n) is 9.20. The molecular formula is C20H29N. The fourth-order valence-corrected chi connectivity index (χ4v) is 5.00. The second-order valence-corrected chi connectivity index (χ2v) is 7.66. The lowest BCUT2D eigenvalue weighted by atomic mass is 9.72. The van der Waals surface area contributed by atoms with Crippen molar-refractivity contribution in [3.8, 4) is 0 Å². The molecule has 2 fully saturated rings. The first-order valence-corrected chi connectivity index (χ1v) is 9.20. The number of hydrogen-bond donors (Lipinski definition) is 1. The topological polar surface area (TPSA) is 12.0 Å². The molecular weight excluding hydrogens is 254 g/mol. The van der Waals surface area contributed by atoms with E-state index in [4.69, 9.17) is 0 Å². The molecule has 1 aliphatic heterocycles. The molecule has 1 saturated heterocycles. The highest BCUT2D eigenvalue weighted by Crippen LogP contribution is 2.49. The molecule has 1 saturated carbocycles. The summed E-state index contributed by atoms with van der Waals surface area (Å²) in [5.41, 5.74) is 3.79. The molecule has 2 aliphatic carbocycles. The number of nitrogens with one attached hydrogen (secondary N) is 1. The van der Waals surface area contributed by atoms with Crippen molar-refractivity contribution in [2.75, 3.05) is 6.54 Å². The highest BCUT2D eigenvalue weighted by atomic mass is 15.0. The van der Waals surface area contributed by atoms with Crippen molar-refractivity contribution in [3.05, 3.63) is 35.4 Å². The normalized spacial score (nSPS) is 33.2. The van der Waals surface area contributed by atoms with Gasteiger partial charge in [0, 0.05) is 5.54 Å². The largest absolute Gasteiger partial charge is 0.311 e. The predicted octanol–water partition coefficient (Wildman–Crippen LogP) is 4.81. The van der Waals surface area contributed by atoms with Gasteiger partial charge >= 0.3 is 0 Å². The lowest BCUT2D eigenvalue weighted by molar-refractivity contribution is 0.228. The maximum Gasteiger partial charge on any atom is 0.0215 e. The van der Waals surface area contributed by atoms with Gasteiger partial charge in [-0.05, 0) is 80.9 Å². The average molecular weight is 283 g/mol. The van der Waals surface area contributed by atoms with Crippen LogP contribution in [0.15, 0.2) is 24.3 Å². The maximum atomic E-state index is 4.04. The first-order chi connectivity index (χ1) is 10.4. The molecule has 4 rings (SSSR count). The quantitative estimate of drug-likeness (QED) is 0.839. The third-order valence-corrected chi connectivity index (χ3v) is 6.24. The second-order valence-electron chi connectivity index (χ2n) is 7.66. The fraction of sp³-hybridized carbons (Fsp3) is 0.700. The van der Waals surface area contributed by atoms with Crippen LogP contribution in [0.5, 0.6) is 0 Å². The van der Waals surface area contributed by atoms with Crippen molar-refractivity contribution in [2.45, 2.75) is 75.7 Å². The molecule has 0 spiro atoms. The Hall–Kier alpha value is -0.820. The molecule has 1 heteroatoms. The van der Waals surface area contributed by atoms with Crippen LogP contribution in [0.25, 0.3) is 0 Å². The van der Waals surface area contributed by atoms with Gasteiger partial charge in [-0.1, -0.05) is 37.1 Å². The zero-order valence-electron chi connectivity index (χ0n) is 13.2. The van der Waals surface area contributed by atoms with E-state index in [9.17, 15) is 0 Å². The van der Waals surface area contributed by atoms with Crippen molar-refractivity contribution in [1.82, 2.24) is 5.32 Å². The molecule has 2 unspecified atom stereocenters. The summed E-state index contributed by atoms with van der Waals surface area (Å²) in [5, 5.41) is 4.04. The van der Waals surface area contributed by atoms with E-state index in [0.717, 1.165) is 11.8 Å². The lowest BCUT2D eigenvalue weighted by Gasteiger charge is -2.39. The van der Waals surface area contributed by atoms with Crippen molar-refractivity contribution in [3.63, 3.8) is 0 Å². The maximum absolute atomic E-state index is 4.04. The van der Waals surface area contributed by atoms with Gasteiger partial charge in [0.2, 0.25) is 0 Å². The Morgan fingerprint density at radius 2 is 1.90 bits per heavy atom. The van der Waals surface area contributed by atoms with Gasteiger partial charge in [-0.3, -0.25) is 0 Å². The van der Waals surface area contributed by atoms with Crippen molar-refractivity contribution >= 4 is 0 Å². The number of benzene rings is 1. The van der Waals surface area contributed by atoms with Gasteiger partial charge in [-0.15, -0.1) is 0 Å². The van der Waals surface area contributed by atoms with Crippen LogP contribution in [0.2, 0.25) is 0 Å². The van der Waals surface area contributed by atoms with E-state index >= 15 is 0 Å². The standard InChI is InChI=1S/C20H29N/c1-4-13-20(18-11-12-18,21-14-5-1)15-17-9-6-8-16-7-2-3-10-19(16)17/h2-3,7,10,17-18,21H,1,4-6,8-9,11-15H2. The monoisotopic (exact) mass is 283 g/mol. The van der Waals surface area contributed by atoms with Crippen LogP contribution in [0.4, 0.5) is 0 Å². The summed E-state index contributed by atoms with van der Waals surface area (Å²) < 4.78 is 0. The predicted molar refractivity (Wildman–Crippen MR) is 88.7 cm³/mol. The molecule has 2 atom stereocenters. The molecule has 0 amide bonds. The Labute approximate surface area is 129 Å². The third kappa shape index (κ3) is 2.77. The molecule has 1 aromatic carbocycles. The van der Waals surface area contributed by atoms with E-state index in [0.29, 0.717) is 5.54 Å². The Bertz CT molecular complexity index is 480. The molecule has 1 N–H and O–H groups in total. The minimum Gasteiger partial charge on any atom is -0.311 e. The molecule has 1 nitrogen and oxygen atoms in total. The Morgan fingerprint density at radius 1 is 1.00 bits per heavy atom. The zero-order valence-corrected chi connectivity index (χ0v) is 13.2. The highest BCUT2D eigenvalue weighted by Gasteiger charge is 2.46. The van der Waals surface area contributed by atoms with Crippen LogP contribution in [-0.2, 0) is 6.42 Å². The van der Waals surface area contributed by atoms with E-state index in [1.165, 1.54) is 70.8 Å². The third-order valence-electron chi connectivity index (χ3n) is 6.24. The molecule has 114 valence electrons.